The quantitative estimate of drug-likeness (QED) is 0.826. The molecule has 2 aromatic rings. The molecule has 3 heterocycles. The fourth-order valence-corrected chi connectivity index (χ4v) is 3.31. The summed E-state index contributed by atoms with van der Waals surface area (Å²) in [7, 11) is 0. The lowest BCUT2D eigenvalue weighted by Gasteiger charge is -2.24. The van der Waals surface area contributed by atoms with Crippen LogP contribution in [0.3, 0.4) is 0 Å². The molecule has 0 aliphatic carbocycles. The number of ether oxygens (including phenoxy) is 3. The maximum absolute atomic E-state index is 12.5. The number of aromatic nitrogens is 1. The van der Waals surface area contributed by atoms with Gasteiger partial charge in [0.1, 0.15) is 6.10 Å². The lowest BCUT2D eigenvalue weighted by atomic mass is 10.1. The fourth-order valence-electron chi connectivity index (χ4n) is 3.31. The summed E-state index contributed by atoms with van der Waals surface area (Å²) < 4.78 is 16.9. The minimum Gasteiger partial charge on any atom is -0.474 e. The topological polar surface area (TPSA) is 81.7 Å². The molecule has 0 radical (unpaired) electrons. The van der Waals surface area contributed by atoms with Gasteiger partial charge >= 0.3 is 0 Å². The third kappa shape index (κ3) is 4.86. The molecular weight excluding hydrogens is 358 g/mol. The number of anilines is 1. The van der Waals surface area contributed by atoms with E-state index in [1.54, 1.807) is 18.3 Å². The van der Waals surface area contributed by atoms with E-state index in [-0.39, 0.29) is 18.1 Å². The molecule has 2 N–H and O–H groups in total. The first kappa shape index (κ1) is 18.9. The molecule has 7 heteroatoms. The van der Waals surface area contributed by atoms with Gasteiger partial charge in [0.25, 0.3) is 5.91 Å². The highest BCUT2D eigenvalue weighted by Crippen LogP contribution is 2.21. The van der Waals surface area contributed by atoms with Crippen LogP contribution in [-0.4, -0.2) is 49.9 Å². The Hall–Kier alpha value is -2.48. The number of carbonyl (C=O) groups is 1. The number of nitrogens with one attached hydrogen (secondary N) is 2. The Balaban J connectivity index is 1.32. The molecule has 1 unspecified atom stereocenters. The molecule has 2 fully saturated rings. The second kappa shape index (κ2) is 9.14. The maximum Gasteiger partial charge on any atom is 0.257 e. The Labute approximate surface area is 164 Å². The highest BCUT2D eigenvalue weighted by atomic mass is 16.5. The molecule has 2 aliphatic rings. The molecular formula is C21H25N3O4. The first-order valence-corrected chi connectivity index (χ1v) is 9.72. The van der Waals surface area contributed by atoms with Crippen LogP contribution in [0.4, 0.5) is 5.69 Å². The molecule has 0 spiro atoms. The van der Waals surface area contributed by atoms with E-state index in [1.807, 2.05) is 24.3 Å². The summed E-state index contributed by atoms with van der Waals surface area (Å²) in [4.78, 5) is 16.7. The number of hydrogen-bond donors (Lipinski definition) is 2. The monoisotopic (exact) mass is 383 g/mol. The van der Waals surface area contributed by atoms with Gasteiger partial charge < -0.3 is 24.8 Å². The highest BCUT2D eigenvalue weighted by molar-refractivity contribution is 6.04. The number of nitrogens with zero attached hydrogens (tertiary/aromatic N) is 1. The third-order valence-electron chi connectivity index (χ3n) is 4.92. The Bertz CT molecular complexity index is 767. The van der Waals surface area contributed by atoms with Gasteiger partial charge in [-0.15, -0.1) is 0 Å². The lowest BCUT2D eigenvalue weighted by Crippen LogP contribution is -2.33. The van der Waals surface area contributed by atoms with Crippen molar-refractivity contribution in [3.05, 3.63) is 53.7 Å². The van der Waals surface area contributed by atoms with Crippen molar-refractivity contribution in [3.8, 4) is 5.88 Å². The van der Waals surface area contributed by atoms with Gasteiger partial charge in [-0.2, -0.15) is 0 Å². The summed E-state index contributed by atoms with van der Waals surface area (Å²) in [5.41, 5.74) is 2.32. The van der Waals surface area contributed by atoms with Gasteiger partial charge in [0.15, 0.2) is 0 Å². The predicted octanol–water partition coefficient (Wildman–Crippen LogP) is 2.55. The minimum absolute atomic E-state index is 0.0611. The minimum atomic E-state index is -0.201. The molecule has 2 saturated heterocycles. The largest absolute Gasteiger partial charge is 0.474 e. The van der Waals surface area contributed by atoms with E-state index in [9.17, 15) is 4.79 Å². The van der Waals surface area contributed by atoms with Crippen molar-refractivity contribution in [2.24, 2.45) is 0 Å². The second-order valence-corrected chi connectivity index (χ2v) is 6.95. The Morgan fingerprint density at radius 1 is 1.11 bits per heavy atom. The summed E-state index contributed by atoms with van der Waals surface area (Å²) >= 11 is 0. The number of carbonyl (C=O) groups excluding carboxylic acids is 1. The lowest BCUT2D eigenvalue weighted by molar-refractivity contribution is 0.0237. The average Bonchev–Trinajstić information content (AvgIpc) is 2.76. The molecule has 4 rings (SSSR count). The zero-order chi connectivity index (χ0) is 19.2. The van der Waals surface area contributed by atoms with Crippen molar-refractivity contribution in [1.29, 1.82) is 0 Å². The third-order valence-corrected chi connectivity index (χ3v) is 4.92. The summed E-state index contributed by atoms with van der Waals surface area (Å²) in [5.74, 6) is 0.336. The van der Waals surface area contributed by atoms with Crippen LogP contribution in [0.15, 0.2) is 42.6 Å². The number of hydrogen-bond acceptors (Lipinski definition) is 6. The predicted molar refractivity (Wildman–Crippen MR) is 105 cm³/mol. The molecule has 0 bridgehead atoms. The van der Waals surface area contributed by atoms with Gasteiger partial charge in [-0.25, -0.2) is 4.98 Å². The summed E-state index contributed by atoms with van der Waals surface area (Å²) in [5, 5.41) is 6.21. The Morgan fingerprint density at radius 2 is 1.93 bits per heavy atom. The van der Waals surface area contributed by atoms with E-state index < -0.39 is 0 Å². The summed E-state index contributed by atoms with van der Waals surface area (Å²) in [6.45, 7) is 3.84. The number of pyridine rings is 1. The zero-order valence-corrected chi connectivity index (χ0v) is 15.7. The van der Waals surface area contributed by atoms with Crippen molar-refractivity contribution in [2.75, 3.05) is 38.2 Å². The summed E-state index contributed by atoms with van der Waals surface area (Å²) in [6.07, 6.45) is 3.46. The summed E-state index contributed by atoms with van der Waals surface area (Å²) in [6, 6.07) is 11.2. The van der Waals surface area contributed by atoms with Gasteiger partial charge in [0.05, 0.1) is 31.5 Å². The van der Waals surface area contributed by atoms with Gasteiger partial charge in [-0.1, -0.05) is 12.1 Å². The molecule has 28 heavy (non-hydrogen) atoms. The van der Waals surface area contributed by atoms with Crippen LogP contribution in [-0.2, 0) is 9.47 Å². The van der Waals surface area contributed by atoms with Crippen molar-refractivity contribution in [2.45, 2.75) is 25.0 Å². The van der Waals surface area contributed by atoms with Crippen LogP contribution < -0.4 is 15.4 Å². The van der Waals surface area contributed by atoms with Gasteiger partial charge in [-0.05, 0) is 23.8 Å². The number of morpholine rings is 1. The molecule has 2 aliphatic heterocycles. The van der Waals surface area contributed by atoms with Gasteiger partial charge in [0, 0.05) is 43.9 Å². The smallest absolute Gasteiger partial charge is 0.257 e. The fraction of sp³-hybridized carbons (Fsp3) is 0.429. The van der Waals surface area contributed by atoms with Gasteiger partial charge in [0.2, 0.25) is 5.88 Å². The van der Waals surface area contributed by atoms with E-state index in [0.29, 0.717) is 31.3 Å². The first-order valence-electron chi connectivity index (χ1n) is 9.72. The molecule has 7 nitrogen and oxygen atoms in total. The molecule has 1 aromatic carbocycles. The normalized spacial score (nSPS) is 20.5. The van der Waals surface area contributed by atoms with E-state index in [4.69, 9.17) is 14.2 Å². The second-order valence-electron chi connectivity index (χ2n) is 6.95. The van der Waals surface area contributed by atoms with Gasteiger partial charge in [-0.3, -0.25) is 4.79 Å². The van der Waals surface area contributed by atoms with E-state index in [0.717, 1.165) is 37.2 Å². The highest BCUT2D eigenvalue weighted by Gasteiger charge is 2.17. The Kier molecular flexibility index (Phi) is 6.16. The SMILES string of the molecule is O=C(Nc1ccc(C2CNCCO2)cc1)c1ccc(OC2CCOCC2)nc1. The zero-order valence-electron chi connectivity index (χ0n) is 15.7. The van der Waals surface area contributed by atoms with Crippen LogP contribution in [0.2, 0.25) is 0 Å². The number of amides is 1. The van der Waals surface area contributed by atoms with Crippen LogP contribution in [0, 0.1) is 0 Å². The van der Waals surface area contributed by atoms with Crippen LogP contribution >= 0.6 is 0 Å². The van der Waals surface area contributed by atoms with Crippen LogP contribution in [0.25, 0.3) is 0 Å². The first-order chi connectivity index (χ1) is 13.8. The molecule has 1 amide bonds. The molecule has 1 atom stereocenters. The van der Waals surface area contributed by atoms with E-state index in [2.05, 4.69) is 15.6 Å². The van der Waals surface area contributed by atoms with Crippen molar-refractivity contribution in [3.63, 3.8) is 0 Å². The van der Waals surface area contributed by atoms with Crippen LogP contribution in [0.1, 0.15) is 34.9 Å². The number of benzene rings is 1. The van der Waals surface area contributed by atoms with E-state index >= 15 is 0 Å². The Morgan fingerprint density at radius 3 is 2.61 bits per heavy atom. The number of rotatable bonds is 5. The van der Waals surface area contributed by atoms with E-state index in [1.165, 1.54) is 0 Å². The van der Waals surface area contributed by atoms with Crippen molar-refractivity contribution in [1.82, 2.24) is 10.3 Å². The van der Waals surface area contributed by atoms with Crippen molar-refractivity contribution >= 4 is 11.6 Å². The maximum atomic E-state index is 12.5. The molecule has 1 aromatic heterocycles. The standard InChI is InChI=1S/C21H25N3O4/c25-21(16-3-6-20(23-13-16)28-18-7-10-26-11-8-18)24-17-4-1-15(2-5-17)19-14-22-9-12-27-19/h1-6,13,18-19,22H,7-12,14H2,(H,24,25). The van der Waals surface area contributed by atoms with Crippen molar-refractivity contribution < 1.29 is 19.0 Å². The molecule has 148 valence electrons. The molecule has 0 saturated carbocycles. The van der Waals surface area contributed by atoms with Crippen LogP contribution in [0.5, 0.6) is 5.88 Å². The average molecular weight is 383 g/mol.